The molecule has 2 saturated carbocycles. The maximum Gasteiger partial charge on any atom is 0.273 e. The summed E-state index contributed by atoms with van der Waals surface area (Å²) in [6.45, 7) is 2.63. The molecule has 3 aliphatic rings. The molecule has 2 aromatic rings. The summed E-state index contributed by atoms with van der Waals surface area (Å²) < 4.78 is 1.72. The molecule has 9 heteroatoms. The van der Waals surface area contributed by atoms with Crippen LogP contribution in [0.3, 0.4) is 0 Å². The van der Waals surface area contributed by atoms with Crippen molar-refractivity contribution < 1.29 is 14.4 Å². The molecule has 0 radical (unpaired) electrons. The lowest BCUT2D eigenvalue weighted by Crippen LogP contribution is -2.48. The number of nitrogens with one attached hydrogen (secondary N) is 3. The molecule has 2 fully saturated rings. The average molecular weight is 435 g/mol. The molecule has 2 aliphatic carbocycles. The average Bonchev–Trinajstić information content (AvgIpc) is 3.71. The monoisotopic (exact) mass is 434 g/mol. The van der Waals surface area contributed by atoms with Crippen LogP contribution in [-0.2, 0) is 9.59 Å². The van der Waals surface area contributed by atoms with Gasteiger partial charge in [0.05, 0.1) is 24.1 Å². The number of nitrogens with zero attached hydrogens (tertiary/aromatic N) is 3. The van der Waals surface area contributed by atoms with E-state index in [-0.39, 0.29) is 42.3 Å². The zero-order chi connectivity index (χ0) is 22.4. The van der Waals surface area contributed by atoms with Gasteiger partial charge in [0.15, 0.2) is 0 Å². The molecule has 0 spiro atoms. The van der Waals surface area contributed by atoms with Gasteiger partial charge in [-0.1, -0.05) is 6.07 Å². The predicted octanol–water partition coefficient (Wildman–Crippen LogP) is 2.40. The van der Waals surface area contributed by atoms with Crippen LogP contribution in [0.2, 0.25) is 0 Å². The summed E-state index contributed by atoms with van der Waals surface area (Å²) in [5.74, 6) is -0.0649. The minimum Gasteiger partial charge on any atom is -0.338 e. The fraction of sp³-hybridized carbons (Fsp3) is 0.435. The molecule has 2 heterocycles. The van der Waals surface area contributed by atoms with E-state index in [9.17, 15) is 14.4 Å². The summed E-state index contributed by atoms with van der Waals surface area (Å²) in [7, 11) is 0. The molecular weight excluding hydrogens is 408 g/mol. The quantitative estimate of drug-likeness (QED) is 0.580. The highest BCUT2D eigenvalue weighted by Crippen LogP contribution is 2.35. The van der Waals surface area contributed by atoms with Crippen LogP contribution in [0.1, 0.15) is 54.7 Å². The molecule has 3 amide bonds. The van der Waals surface area contributed by atoms with Gasteiger partial charge in [0.2, 0.25) is 11.8 Å². The van der Waals surface area contributed by atoms with Crippen molar-refractivity contribution in [2.24, 2.45) is 11.8 Å². The van der Waals surface area contributed by atoms with E-state index in [1.807, 2.05) is 13.0 Å². The molecule has 0 bridgehead atoms. The molecule has 166 valence electrons. The lowest BCUT2D eigenvalue weighted by molar-refractivity contribution is -0.122. The first-order valence-corrected chi connectivity index (χ1v) is 11.1. The van der Waals surface area contributed by atoms with Crippen LogP contribution in [-0.4, -0.2) is 51.8 Å². The van der Waals surface area contributed by atoms with E-state index in [2.05, 4.69) is 15.7 Å². The molecule has 1 atom stereocenters. The van der Waals surface area contributed by atoms with Crippen LogP contribution < -0.4 is 10.6 Å². The fourth-order valence-electron chi connectivity index (χ4n) is 4.02. The fourth-order valence-corrected chi connectivity index (χ4v) is 4.02. The third-order valence-electron chi connectivity index (χ3n) is 6.23. The van der Waals surface area contributed by atoms with Crippen LogP contribution in [0.5, 0.6) is 0 Å². The lowest BCUT2D eigenvalue weighted by Gasteiger charge is -2.31. The van der Waals surface area contributed by atoms with Crippen LogP contribution >= 0.6 is 0 Å². The topological polar surface area (TPSA) is 120 Å². The Hall–Kier alpha value is -3.49. The van der Waals surface area contributed by atoms with Gasteiger partial charge in [0.25, 0.3) is 5.91 Å². The Morgan fingerprint density at radius 3 is 2.56 bits per heavy atom. The Labute approximate surface area is 185 Å². The van der Waals surface area contributed by atoms with Crippen LogP contribution in [0, 0.1) is 17.2 Å². The van der Waals surface area contributed by atoms with Gasteiger partial charge in [0.1, 0.15) is 5.69 Å². The molecule has 0 unspecified atom stereocenters. The Morgan fingerprint density at radius 1 is 1.16 bits per heavy atom. The molecule has 5 rings (SSSR count). The molecule has 1 aromatic heterocycles. The maximum atomic E-state index is 13.1. The minimum atomic E-state index is -0.183. The van der Waals surface area contributed by atoms with Crippen molar-refractivity contribution in [1.82, 2.24) is 20.0 Å². The van der Waals surface area contributed by atoms with Crippen molar-refractivity contribution in [1.29, 1.82) is 5.41 Å². The van der Waals surface area contributed by atoms with Gasteiger partial charge in [-0.05, 0) is 56.4 Å². The standard InChI is InChI=1S/C23H26N6O3/c1-13-11-28(12-25-21(30)15-3-4-15)23(32)20-9-19(27-29(13)20)17-7-2-14(10-24)8-18(17)26-22(31)16-5-6-16/h2,7-10,13,15-16,24H,3-6,11-12H2,1H3,(H,25,30)(H,26,31)/t13-/m0/s1. The zero-order valence-corrected chi connectivity index (χ0v) is 17.9. The molecule has 9 nitrogen and oxygen atoms in total. The van der Waals surface area contributed by atoms with E-state index in [1.54, 1.807) is 27.8 Å². The van der Waals surface area contributed by atoms with Gasteiger partial charge in [-0.3, -0.25) is 19.1 Å². The van der Waals surface area contributed by atoms with Crippen molar-refractivity contribution in [3.05, 3.63) is 35.5 Å². The molecule has 0 saturated heterocycles. The minimum absolute atomic E-state index is 0.00700. The van der Waals surface area contributed by atoms with Crippen molar-refractivity contribution >= 4 is 29.6 Å². The smallest absolute Gasteiger partial charge is 0.273 e. The molecule has 3 N–H and O–H groups in total. The zero-order valence-electron chi connectivity index (χ0n) is 17.9. The normalized spacial score (nSPS) is 20.0. The lowest BCUT2D eigenvalue weighted by atomic mass is 10.1. The number of amides is 3. The Kier molecular flexibility index (Phi) is 5.03. The highest BCUT2D eigenvalue weighted by molar-refractivity contribution is 6.00. The third-order valence-corrected chi connectivity index (χ3v) is 6.23. The molecule has 32 heavy (non-hydrogen) atoms. The number of anilines is 1. The van der Waals surface area contributed by atoms with E-state index in [4.69, 9.17) is 5.41 Å². The second kappa shape index (κ2) is 7.89. The van der Waals surface area contributed by atoms with Crippen LogP contribution in [0.4, 0.5) is 5.69 Å². The second-order valence-corrected chi connectivity index (χ2v) is 8.92. The van der Waals surface area contributed by atoms with Crippen LogP contribution in [0.25, 0.3) is 11.3 Å². The molecule has 1 aliphatic heterocycles. The predicted molar refractivity (Wildman–Crippen MR) is 118 cm³/mol. The van der Waals surface area contributed by atoms with Crippen molar-refractivity contribution in [2.75, 3.05) is 18.5 Å². The van der Waals surface area contributed by atoms with Gasteiger partial charge in [-0.25, -0.2) is 0 Å². The van der Waals surface area contributed by atoms with Gasteiger partial charge in [-0.15, -0.1) is 0 Å². The van der Waals surface area contributed by atoms with Crippen LogP contribution in [0.15, 0.2) is 24.3 Å². The number of hydrogen-bond donors (Lipinski definition) is 3. The first-order chi connectivity index (χ1) is 15.4. The number of aromatic nitrogens is 2. The third kappa shape index (κ3) is 3.90. The number of benzene rings is 1. The van der Waals surface area contributed by atoms with E-state index < -0.39 is 0 Å². The summed E-state index contributed by atoms with van der Waals surface area (Å²) >= 11 is 0. The number of hydrogen-bond acceptors (Lipinski definition) is 5. The summed E-state index contributed by atoms with van der Waals surface area (Å²) in [6.07, 6.45) is 4.85. The molecule has 1 aromatic carbocycles. The number of carbonyl (C=O) groups excluding carboxylic acids is 3. The summed E-state index contributed by atoms with van der Waals surface area (Å²) in [5.41, 5.74) is 3.01. The van der Waals surface area contributed by atoms with Gasteiger partial charge in [0, 0.05) is 30.2 Å². The highest BCUT2D eigenvalue weighted by Gasteiger charge is 2.34. The Balaban J connectivity index is 1.41. The van der Waals surface area contributed by atoms with Crippen molar-refractivity contribution in [3.8, 4) is 11.3 Å². The number of rotatable bonds is 7. The Bertz CT molecular complexity index is 1110. The van der Waals surface area contributed by atoms with E-state index in [0.29, 0.717) is 34.7 Å². The van der Waals surface area contributed by atoms with Crippen molar-refractivity contribution in [3.63, 3.8) is 0 Å². The number of fused-ring (bicyclic) bond motifs is 1. The first kappa shape index (κ1) is 20.4. The van der Waals surface area contributed by atoms with E-state index in [0.717, 1.165) is 25.7 Å². The highest BCUT2D eigenvalue weighted by atomic mass is 16.2. The maximum absolute atomic E-state index is 13.1. The Morgan fingerprint density at radius 2 is 1.88 bits per heavy atom. The second-order valence-electron chi connectivity index (χ2n) is 8.92. The van der Waals surface area contributed by atoms with Gasteiger partial charge >= 0.3 is 0 Å². The van der Waals surface area contributed by atoms with E-state index >= 15 is 0 Å². The summed E-state index contributed by atoms with van der Waals surface area (Å²) in [4.78, 5) is 39.1. The van der Waals surface area contributed by atoms with Gasteiger partial charge in [-0.2, -0.15) is 5.10 Å². The van der Waals surface area contributed by atoms with Gasteiger partial charge < -0.3 is 20.9 Å². The first-order valence-electron chi connectivity index (χ1n) is 11.1. The number of carbonyl (C=O) groups is 3. The SMILES string of the molecule is C[C@H]1CN(CNC(=O)C2CC2)C(=O)c2cc(-c3ccc(C=N)cc3NC(=O)C3CC3)nn21. The largest absolute Gasteiger partial charge is 0.338 e. The summed E-state index contributed by atoms with van der Waals surface area (Å²) in [5, 5.41) is 18.1. The molecular formula is C23H26N6O3. The summed E-state index contributed by atoms with van der Waals surface area (Å²) in [6, 6.07) is 7.05. The van der Waals surface area contributed by atoms with E-state index in [1.165, 1.54) is 6.21 Å². The van der Waals surface area contributed by atoms with Crippen molar-refractivity contribution in [2.45, 2.75) is 38.6 Å².